The van der Waals surface area contributed by atoms with Gasteiger partial charge < -0.3 is 38.5 Å². The van der Waals surface area contributed by atoms with Crippen molar-refractivity contribution >= 4 is 58.2 Å². The Balaban J connectivity index is 2.47. The van der Waals surface area contributed by atoms with E-state index in [1.807, 2.05) is 0 Å². The molecule has 1 N–H and O–H groups in total. The molecule has 0 saturated carbocycles. The van der Waals surface area contributed by atoms with Gasteiger partial charge in [0, 0.05) is 11.1 Å². The fourth-order valence-corrected chi connectivity index (χ4v) is 4.81. The highest BCUT2D eigenvalue weighted by atomic mass is 32.2. The number of methoxy groups -OCH3 is 6. The highest BCUT2D eigenvalue weighted by Crippen LogP contribution is 2.47. The SMILES string of the molecule is COC(=O)/C=C(/N=C1SC2=C(N/C(=C/C(=O)OC)C(=O)OC)Oc3ccccc3C2=CC(C(=O)OC)=C1C(=O)OC)C(=O)OC. The van der Waals surface area contributed by atoms with Crippen molar-refractivity contribution in [2.24, 2.45) is 4.99 Å². The van der Waals surface area contributed by atoms with E-state index in [1.54, 1.807) is 24.3 Å². The van der Waals surface area contributed by atoms with Gasteiger partial charge in [-0.25, -0.2) is 33.8 Å². The van der Waals surface area contributed by atoms with Crippen LogP contribution < -0.4 is 10.1 Å². The first-order valence-electron chi connectivity index (χ1n) is 12.5. The van der Waals surface area contributed by atoms with Gasteiger partial charge in [-0.15, -0.1) is 0 Å². The minimum Gasteiger partial charge on any atom is -0.466 e. The van der Waals surface area contributed by atoms with Crippen LogP contribution in [0.25, 0.3) is 5.57 Å². The number of rotatable bonds is 9. The second-order valence-corrected chi connectivity index (χ2v) is 9.35. The minimum absolute atomic E-state index is 0.0923. The number of carbonyl (C=O) groups excluding carboxylic acids is 6. The number of hydrogen-bond acceptors (Lipinski definition) is 16. The maximum Gasteiger partial charge on any atom is 0.356 e. The summed E-state index contributed by atoms with van der Waals surface area (Å²) in [7, 11) is 6.40. The Labute approximate surface area is 260 Å². The predicted molar refractivity (Wildman–Crippen MR) is 156 cm³/mol. The van der Waals surface area contributed by atoms with Crippen molar-refractivity contribution in [2.45, 2.75) is 0 Å². The molecule has 0 bridgehead atoms. The Morgan fingerprint density at radius 3 is 2.00 bits per heavy atom. The molecule has 0 spiro atoms. The summed E-state index contributed by atoms with van der Waals surface area (Å²) < 4.78 is 34.7. The van der Waals surface area contributed by atoms with E-state index in [-0.39, 0.29) is 32.7 Å². The van der Waals surface area contributed by atoms with Gasteiger partial charge in [-0.05, 0) is 12.1 Å². The van der Waals surface area contributed by atoms with Crippen molar-refractivity contribution in [3.8, 4) is 5.75 Å². The second-order valence-electron chi connectivity index (χ2n) is 8.35. The molecule has 2 heterocycles. The molecule has 0 aromatic heterocycles. The monoisotopic (exact) mass is 642 g/mol. The average molecular weight is 643 g/mol. The summed E-state index contributed by atoms with van der Waals surface area (Å²) in [5.41, 5.74) is -1.16. The number of aliphatic imine (C=N–C) groups is 1. The zero-order valence-electron chi connectivity index (χ0n) is 24.7. The lowest BCUT2D eigenvalue weighted by atomic mass is 9.97. The minimum atomic E-state index is -1.10. The molecule has 3 rings (SSSR count). The van der Waals surface area contributed by atoms with Crippen LogP contribution in [0.2, 0.25) is 0 Å². The summed E-state index contributed by atoms with van der Waals surface area (Å²) in [6.45, 7) is 0. The number of nitrogens with one attached hydrogen (secondary N) is 1. The molecule has 0 radical (unpaired) electrons. The van der Waals surface area contributed by atoms with E-state index in [0.717, 1.165) is 48.7 Å². The maximum atomic E-state index is 13.2. The van der Waals surface area contributed by atoms with Crippen molar-refractivity contribution < 1.29 is 61.9 Å². The number of hydrogen-bond donors (Lipinski definition) is 1. The third-order valence-corrected chi connectivity index (χ3v) is 6.89. The fourth-order valence-electron chi connectivity index (χ4n) is 3.71. The molecule has 0 saturated heterocycles. The van der Waals surface area contributed by atoms with Gasteiger partial charge in [0.2, 0.25) is 5.88 Å². The van der Waals surface area contributed by atoms with Crippen molar-refractivity contribution in [3.63, 3.8) is 0 Å². The van der Waals surface area contributed by atoms with Crippen LogP contribution in [0.15, 0.2) is 80.8 Å². The predicted octanol–water partition coefficient (Wildman–Crippen LogP) is 1.47. The quantitative estimate of drug-likeness (QED) is 0.231. The molecule has 0 amide bonds. The molecule has 1 aromatic rings. The molecular weight excluding hydrogens is 616 g/mol. The van der Waals surface area contributed by atoms with E-state index in [0.29, 0.717) is 23.4 Å². The molecule has 236 valence electrons. The number of benzene rings is 1. The van der Waals surface area contributed by atoms with Crippen LogP contribution in [0.5, 0.6) is 5.75 Å². The molecule has 1 aromatic carbocycles. The molecule has 2 aliphatic heterocycles. The summed E-state index contributed by atoms with van der Waals surface area (Å²) in [6.07, 6.45) is 2.82. The van der Waals surface area contributed by atoms with E-state index < -0.39 is 52.8 Å². The molecule has 0 unspecified atom stereocenters. The lowest BCUT2D eigenvalue weighted by molar-refractivity contribution is -0.138. The maximum absolute atomic E-state index is 13.2. The Kier molecular flexibility index (Phi) is 11.4. The Bertz CT molecular complexity index is 1650. The molecule has 16 heteroatoms. The Morgan fingerprint density at radius 2 is 1.40 bits per heavy atom. The molecule has 0 aliphatic carbocycles. The van der Waals surface area contributed by atoms with Gasteiger partial charge in [-0.1, -0.05) is 30.0 Å². The van der Waals surface area contributed by atoms with Crippen LogP contribution >= 0.6 is 11.8 Å². The van der Waals surface area contributed by atoms with Crippen LogP contribution in [0.3, 0.4) is 0 Å². The number of allylic oxidation sites excluding steroid dienone is 1. The number of thioether (sulfide) groups is 1. The Hall–Kier alpha value is -5.64. The first kappa shape index (κ1) is 33.9. The number of esters is 6. The summed E-state index contributed by atoms with van der Waals surface area (Å²) in [6, 6.07) is 6.56. The molecule has 0 atom stereocenters. The average Bonchev–Trinajstić information content (AvgIpc) is 3.23. The van der Waals surface area contributed by atoms with Crippen LogP contribution in [0.4, 0.5) is 0 Å². The summed E-state index contributed by atoms with van der Waals surface area (Å²) >= 11 is 0.679. The van der Waals surface area contributed by atoms with Crippen molar-refractivity contribution in [1.29, 1.82) is 0 Å². The van der Waals surface area contributed by atoms with E-state index >= 15 is 0 Å². The van der Waals surface area contributed by atoms with Crippen LogP contribution in [0.1, 0.15) is 5.56 Å². The smallest absolute Gasteiger partial charge is 0.356 e. The molecular formula is C29H26N2O13S. The molecule has 45 heavy (non-hydrogen) atoms. The van der Waals surface area contributed by atoms with Gasteiger partial charge in [-0.2, -0.15) is 0 Å². The van der Waals surface area contributed by atoms with E-state index in [4.69, 9.17) is 23.7 Å². The van der Waals surface area contributed by atoms with Gasteiger partial charge in [-0.3, -0.25) is 0 Å². The number of para-hydroxylation sites is 1. The lowest BCUT2D eigenvalue weighted by Gasteiger charge is -2.26. The number of nitrogens with zero attached hydrogens (tertiary/aromatic N) is 1. The van der Waals surface area contributed by atoms with Crippen LogP contribution in [-0.2, 0) is 57.2 Å². The normalized spacial score (nSPS) is 15.3. The largest absolute Gasteiger partial charge is 0.466 e. The van der Waals surface area contributed by atoms with Gasteiger partial charge in [0.15, 0.2) is 5.70 Å². The number of ether oxygens (including phenoxy) is 7. The van der Waals surface area contributed by atoms with Gasteiger partial charge >= 0.3 is 35.8 Å². The third-order valence-electron chi connectivity index (χ3n) is 5.79. The zero-order valence-corrected chi connectivity index (χ0v) is 25.5. The second kappa shape index (κ2) is 15.2. The number of fused-ring (bicyclic) bond motifs is 3. The van der Waals surface area contributed by atoms with Crippen LogP contribution in [0, 0.1) is 0 Å². The molecule has 15 nitrogen and oxygen atoms in total. The Morgan fingerprint density at radius 1 is 0.778 bits per heavy atom. The van der Waals surface area contributed by atoms with Crippen molar-refractivity contribution in [3.05, 3.63) is 81.4 Å². The van der Waals surface area contributed by atoms with Gasteiger partial charge in [0.1, 0.15) is 22.1 Å². The highest BCUT2D eigenvalue weighted by molar-refractivity contribution is 8.18. The summed E-state index contributed by atoms with van der Waals surface area (Å²) in [4.78, 5) is 80.1. The highest BCUT2D eigenvalue weighted by Gasteiger charge is 2.37. The van der Waals surface area contributed by atoms with Gasteiger partial charge in [0.25, 0.3) is 0 Å². The molecule has 2 aliphatic rings. The zero-order chi connectivity index (χ0) is 33.3. The number of carbonyl (C=O) groups is 6. The summed E-state index contributed by atoms with van der Waals surface area (Å²) in [5, 5.41) is 2.34. The van der Waals surface area contributed by atoms with Crippen molar-refractivity contribution in [1.82, 2.24) is 5.32 Å². The standard InChI is InChI=1S/C29H26N2O13S/c1-38-20(32)12-17(27(35)41-4)30-24-23-15(14-9-7-8-10-19(14)44-24)11-16(26(34)40-3)22(29(37)43-6)25(45-23)31-18(28(36)42-5)13-21(33)39-2/h7-13,30H,1-6H3/b17-12+,18-13+,31-25?. The topological polar surface area (TPSA) is 191 Å². The van der Waals surface area contributed by atoms with Gasteiger partial charge in [0.05, 0.1) is 65.3 Å². The lowest BCUT2D eigenvalue weighted by Crippen LogP contribution is -2.28. The van der Waals surface area contributed by atoms with Crippen LogP contribution in [-0.4, -0.2) is 83.5 Å². The summed E-state index contributed by atoms with van der Waals surface area (Å²) in [5.74, 6) is -5.98. The van der Waals surface area contributed by atoms with E-state index in [9.17, 15) is 28.8 Å². The first-order valence-corrected chi connectivity index (χ1v) is 13.3. The van der Waals surface area contributed by atoms with E-state index in [2.05, 4.69) is 19.8 Å². The van der Waals surface area contributed by atoms with Crippen molar-refractivity contribution in [2.75, 3.05) is 42.7 Å². The van der Waals surface area contributed by atoms with E-state index in [1.165, 1.54) is 6.08 Å². The first-order chi connectivity index (χ1) is 21.5. The fraction of sp³-hybridized carbons (Fsp3) is 0.207. The third kappa shape index (κ3) is 7.66. The molecule has 0 fully saturated rings.